The minimum absolute atomic E-state index is 0.410. The molecule has 0 unspecified atom stereocenters. The van der Waals surface area contributed by atoms with Gasteiger partial charge in [0.15, 0.2) is 0 Å². The van der Waals surface area contributed by atoms with Gasteiger partial charge in [0, 0.05) is 0 Å². The zero-order valence-electron chi connectivity index (χ0n) is 10.6. The maximum Gasteiger partial charge on any atom is 0.335 e. The highest BCUT2D eigenvalue weighted by atomic mass is 16.4. The van der Waals surface area contributed by atoms with E-state index in [9.17, 15) is 4.79 Å². The second-order valence-electron chi connectivity index (χ2n) is 5.87. The fraction of sp³-hybridized carbons (Fsp3) is 0.533. The molecule has 0 atom stereocenters. The van der Waals surface area contributed by atoms with Crippen LogP contribution in [-0.4, -0.2) is 11.1 Å². The molecule has 1 aliphatic rings. The Kier molecular flexibility index (Phi) is 3.23. The molecule has 0 heterocycles. The molecule has 0 amide bonds. The van der Waals surface area contributed by atoms with Crippen molar-refractivity contribution in [3.05, 3.63) is 35.4 Å². The van der Waals surface area contributed by atoms with Gasteiger partial charge in [0.2, 0.25) is 0 Å². The first-order chi connectivity index (χ1) is 7.98. The summed E-state index contributed by atoms with van der Waals surface area (Å²) >= 11 is 0. The normalized spacial score (nSPS) is 20.1. The van der Waals surface area contributed by atoms with E-state index < -0.39 is 5.97 Å². The molecule has 1 aliphatic carbocycles. The molecule has 0 bridgehead atoms. The van der Waals surface area contributed by atoms with E-state index in [1.807, 2.05) is 12.1 Å². The summed E-state index contributed by atoms with van der Waals surface area (Å²) in [6, 6.07) is 7.43. The van der Waals surface area contributed by atoms with E-state index in [0.717, 1.165) is 0 Å². The lowest BCUT2D eigenvalue weighted by molar-refractivity contribution is 0.0696. The molecule has 1 fully saturated rings. The van der Waals surface area contributed by atoms with Crippen LogP contribution in [0.5, 0.6) is 0 Å². The molecule has 92 valence electrons. The molecule has 1 saturated carbocycles. The summed E-state index contributed by atoms with van der Waals surface area (Å²) in [5.74, 6) is -0.287. The first-order valence-corrected chi connectivity index (χ1v) is 6.31. The molecular weight excluding hydrogens is 212 g/mol. The van der Waals surface area contributed by atoms with Crippen LogP contribution in [0.3, 0.4) is 0 Å². The van der Waals surface area contributed by atoms with Crippen molar-refractivity contribution in [3.63, 3.8) is 0 Å². The monoisotopic (exact) mass is 232 g/mol. The van der Waals surface area contributed by atoms with Gasteiger partial charge in [-0.05, 0) is 54.7 Å². The van der Waals surface area contributed by atoms with Gasteiger partial charge in [0.05, 0.1) is 5.56 Å². The van der Waals surface area contributed by atoms with Gasteiger partial charge in [0.1, 0.15) is 0 Å². The Morgan fingerprint density at radius 3 is 2.53 bits per heavy atom. The molecular formula is C15H20O2. The summed E-state index contributed by atoms with van der Waals surface area (Å²) in [7, 11) is 0. The van der Waals surface area contributed by atoms with Crippen molar-refractivity contribution in [2.45, 2.75) is 45.4 Å². The van der Waals surface area contributed by atoms with Crippen molar-refractivity contribution in [2.75, 3.05) is 0 Å². The second kappa shape index (κ2) is 4.52. The number of carboxylic acid groups (broad SMARTS) is 1. The first-order valence-electron chi connectivity index (χ1n) is 6.31. The summed E-state index contributed by atoms with van der Waals surface area (Å²) in [6.07, 6.45) is 4.82. The Hall–Kier alpha value is -1.31. The standard InChI is InChI=1S/C15H20O2/c1-15(2)8-6-11(7-9-15)12-4-3-5-13(10-12)14(16)17/h3-5,10-11H,6-9H2,1-2H3,(H,16,17). The average Bonchev–Trinajstić information content (AvgIpc) is 2.29. The fourth-order valence-electron chi connectivity index (χ4n) is 2.66. The number of benzene rings is 1. The summed E-state index contributed by atoms with van der Waals surface area (Å²) in [5, 5.41) is 8.99. The molecule has 0 saturated heterocycles. The highest BCUT2D eigenvalue weighted by molar-refractivity contribution is 5.87. The zero-order chi connectivity index (χ0) is 12.5. The number of hydrogen-bond acceptors (Lipinski definition) is 1. The molecule has 1 N–H and O–H groups in total. The lowest BCUT2D eigenvalue weighted by atomic mass is 9.71. The highest BCUT2D eigenvalue weighted by Gasteiger charge is 2.27. The maximum absolute atomic E-state index is 10.9. The predicted octanol–water partition coefficient (Wildman–Crippen LogP) is 4.07. The first kappa shape index (κ1) is 12.2. The van der Waals surface area contributed by atoms with Gasteiger partial charge < -0.3 is 5.11 Å². The number of rotatable bonds is 2. The van der Waals surface area contributed by atoms with E-state index in [1.54, 1.807) is 6.07 Å². The SMILES string of the molecule is CC1(C)CCC(c2cccc(C(=O)O)c2)CC1. The van der Waals surface area contributed by atoms with E-state index in [1.165, 1.54) is 31.2 Å². The van der Waals surface area contributed by atoms with Crippen molar-refractivity contribution in [1.29, 1.82) is 0 Å². The minimum Gasteiger partial charge on any atom is -0.478 e. The van der Waals surface area contributed by atoms with Crippen molar-refractivity contribution >= 4 is 5.97 Å². The van der Waals surface area contributed by atoms with Gasteiger partial charge >= 0.3 is 5.97 Å². The Morgan fingerprint density at radius 1 is 1.29 bits per heavy atom. The highest BCUT2D eigenvalue weighted by Crippen LogP contribution is 2.42. The van der Waals surface area contributed by atoms with Crippen LogP contribution < -0.4 is 0 Å². The number of aromatic carboxylic acids is 1. The Bertz CT molecular complexity index is 411. The quantitative estimate of drug-likeness (QED) is 0.834. The summed E-state index contributed by atoms with van der Waals surface area (Å²) < 4.78 is 0. The molecule has 1 aromatic rings. The van der Waals surface area contributed by atoms with Crippen LogP contribution in [0.4, 0.5) is 0 Å². The van der Waals surface area contributed by atoms with Gasteiger partial charge in [-0.2, -0.15) is 0 Å². The Morgan fingerprint density at radius 2 is 1.94 bits per heavy atom. The Labute approximate surface area is 103 Å². The average molecular weight is 232 g/mol. The summed E-state index contributed by atoms with van der Waals surface area (Å²) in [6.45, 7) is 4.63. The van der Waals surface area contributed by atoms with Crippen LogP contribution >= 0.6 is 0 Å². The van der Waals surface area contributed by atoms with Gasteiger partial charge in [0.25, 0.3) is 0 Å². The molecule has 1 aromatic carbocycles. The number of hydrogen-bond donors (Lipinski definition) is 1. The van der Waals surface area contributed by atoms with E-state index in [4.69, 9.17) is 5.11 Å². The van der Waals surface area contributed by atoms with Crippen LogP contribution in [0.1, 0.15) is 61.4 Å². The van der Waals surface area contributed by atoms with Gasteiger partial charge in [-0.3, -0.25) is 0 Å². The molecule has 0 aliphatic heterocycles. The Balaban J connectivity index is 2.13. The van der Waals surface area contributed by atoms with Crippen molar-refractivity contribution in [3.8, 4) is 0 Å². The third kappa shape index (κ3) is 2.87. The topological polar surface area (TPSA) is 37.3 Å². The largest absolute Gasteiger partial charge is 0.478 e. The summed E-state index contributed by atoms with van der Waals surface area (Å²) in [4.78, 5) is 10.9. The minimum atomic E-state index is -0.831. The van der Waals surface area contributed by atoms with E-state index in [-0.39, 0.29) is 0 Å². The molecule has 0 spiro atoms. The lowest BCUT2D eigenvalue weighted by Crippen LogP contribution is -2.20. The van der Waals surface area contributed by atoms with Gasteiger partial charge in [-0.1, -0.05) is 26.0 Å². The van der Waals surface area contributed by atoms with Crippen molar-refractivity contribution in [1.82, 2.24) is 0 Å². The third-order valence-electron chi connectivity index (χ3n) is 3.94. The fourth-order valence-corrected chi connectivity index (χ4v) is 2.66. The number of carbonyl (C=O) groups is 1. The molecule has 17 heavy (non-hydrogen) atoms. The van der Waals surface area contributed by atoms with Crippen molar-refractivity contribution in [2.24, 2.45) is 5.41 Å². The van der Waals surface area contributed by atoms with Crippen molar-refractivity contribution < 1.29 is 9.90 Å². The molecule has 2 nitrogen and oxygen atoms in total. The van der Waals surface area contributed by atoms with E-state index in [2.05, 4.69) is 19.9 Å². The molecule has 0 aromatic heterocycles. The van der Waals surface area contributed by atoms with E-state index >= 15 is 0 Å². The zero-order valence-corrected chi connectivity index (χ0v) is 10.6. The van der Waals surface area contributed by atoms with Crippen LogP contribution in [0.15, 0.2) is 24.3 Å². The third-order valence-corrected chi connectivity index (χ3v) is 3.94. The van der Waals surface area contributed by atoms with Gasteiger partial charge in [-0.25, -0.2) is 4.79 Å². The smallest absolute Gasteiger partial charge is 0.335 e. The maximum atomic E-state index is 10.9. The number of carboxylic acids is 1. The van der Waals surface area contributed by atoms with Crippen LogP contribution in [0, 0.1) is 5.41 Å². The summed E-state index contributed by atoms with van der Waals surface area (Å²) in [5.41, 5.74) is 2.06. The predicted molar refractivity (Wildman–Crippen MR) is 68.4 cm³/mol. The lowest BCUT2D eigenvalue weighted by Gasteiger charge is -2.34. The molecule has 0 radical (unpaired) electrons. The second-order valence-corrected chi connectivity index (χ2v) is 5.87. The van der Waals surface area contributed by atoms with E-state index in [0.29, 0.717) is 16.9 Å². The van der Waals surface area contributed by atoms with Crippen LogP contribution in [0.25, 0.3) is 0 Å². The van der Waals surface area contributed by atoms with Gasteiger partial charge in [-0.15, -0.1) is 0 Å². The van der Waals surface area contributed by atoms with Crippen LogP contribution in [-0.2, 0) is 0 Å². The molecule has 2 heteroatoms. The molecule has 2 rings (SSSR count). The van der Waals surface area contributed by atoms with Crippen LogP contribution in [0.2, 0.25) is 0 Å².